The van der Waals surface area contributed by atoms with E-state index in [4.69, 9.17) is 4.74 Å². The molecule has 2 aromatic carbocycles. The average Bonchev–Trinajstić information content (AvgIpc) is 3.00. The molecule has 0 saturated carbocycles. The highest BCUT2D eigenvalue weighted by Crippen LogP contribution is 2.25. The van der Waals surface area contributed by atoms with Crippen molar-refractivity contribution >= 4 is 17.7 Å². The summed E-state index contributed by atoms with van der Waals surface area (Å²) in [6.07, 6.45) is 0. The topological polar surface area (TPSA) is 57.0 Å². The number of aromatic nitrogens is 3. The fourth-order valence-electron chi connectivity index (χ4n) is 2.50. The zero-order chi connectivity index (χ0) is 17.8. The second-order valence-corrected chi connectivity index (χ2v) is 6.62. The van der Waals surface area contributed by atoms with Gasteiger partial charge < -0.3 is 4.74 Å². The van der Waals surface area contributed by atoms with Crippen molar-refractivity contribution in [2.45, 2.75) is 24.8 Å². The second-order valence-electron chi connectivity index (χ2n) is 5.68. The lowest BCUT2D eigenvalue weighted by Gasteiger charge is -2.09. The molecule has 25 heavy (non-hydrogen) atoms. The van der Waals surface area contributed by atoms with Gasteiger partial charge in [-0.05, 0) is 49.2 Å². The van der Waals surface area contributed by atoms with Crippen LogP contribution in [0.4, 0.5) is 0 Å². The summed E-state index contributed by atoms with van der Waals surface area (Å²) in [4.78, 5) is 11.5. The molecule has 6 heteroatoms. The molecule has 0 spiro atoms. The van der Waals surface area contributed by atoms with E-state index < -0.39 is 0 Å². The third-order valence-electron chi connectivity index (χ3n) is 3.80. The van der Waals surface area contributed by atoms with Crippen molar-refractivity contribution in [2.75, 3.05) is 7.11 Å². The molecular formula is C19H19N3O2S. The highest BCUT2D eigenvalue weighted by atomic mass is 32.2. The molecule has 0 saturated heterocycles. The summed E-state index contributed by atoms with van der Waals surface area (Å²) in [7, 11) is 1.38. The Balaban J connectivity index is 1.77. The fraction of sp³-hybridized carbons (Fsp3) is 0.211. The van der Waals surface area contributed by atoms with Gasteiger partial charge in [-0.15, -0.1) is 10.2 Å². The summed E-state index contributed by atoms with van der Waals surface area (Å²) >= 11 is 1.61. The first-order valence-electron chi connectivity index (χ1n) is 7.87. The monoisotopic (exact) mass is 353 g/mol. The Morgan fingerprint density at radius 3 is 2.56 bits per heavy atom. The first kappa shape index (κ1) is 17.2. The van der Waals surface area contributed by atoms with Gasteiger partial charge in [-0.3, -0.25) is 4.57 Å². The van der Waals surface area contributed by atoms with Gasteiger partial charge >= 0.3 is 5.97 Å². The number of methoxy groups -OCH3 is 1. The van der Waals surface area contributed by atoms with Gasteiger partial charge in [0.15, 0.2) is 5.16 Å². The van der Waals surface area contributed by atoms with Gasteiger partial charge in [0, 0.05) is 11.4 Å². The third-order valence-corrected chi connectivity index (χ3v) is 4.80. The molecule has 5 nitrogen and oxygen atoms in total. The number of ether oxygens (including phenoxy) is 1. The van der Waals surface area contributed by atoms with E-state index >= 15 is 0 Å². The van der Waals surface area contributed by atoms with Crippen LogP contribution < -0.4 is 0 Å². The summed E-state index contributed by atoms with van der Waals surface area (Å²) in [5, 5.41) is 9.36. The van der Waals surface area contributed by atoms with Gasteiger partial charge in [0.25, 0.3) is 0 Å². The number of hydrogen-bond donors (Lipinski definition) is 0. The van der Waals surface area contributed by atoms with E-state index in [1.54, 1.807) is 23.9 Å². The Morgan fingerprint density at radius 2 is 1.88 bits per heavy atom. The molecule has 0 radical (unpaired) electrons. The fourth-order valence-corrected chi connectivity index (χ4v) is 3.46. The quantitative estimate of drug-likeness (QED) is 0.513. The number of benzene rings is 2. The van der Waals surface area contributed by atoms with Gasteiger partial charge in [0.2, 0.25) is 0 Å². The van der Waals surface area contributed by atoms with E-state index in [0.717, 1.165) is 28.0 Å². The van der Waals surface area contributed by atoms with Crippen LogP contribution in [0, 0.1) is 13.8 Å². The first-order chi connectivity index (χ1) is 12.1. The number of rotatable bonds is 5. The molecule has 0 fully saturated rings. The molecule has 128 valence electrons. The minimum absolute atomic E-state index is 0.325. The number of thioether (sulfide) groups is 1. The SMILES string of the molecule is COC(=O)c1ccc(CSc2nnc(C)n2-c2cccc(C)c2)cc1. The molecule has 0 atom stereocenters. The normalized spacial score (nSPS) is 10.7. The van der Waals surface area contributed by atoms with Gasteiger partial charge in [-0.1, -0.05) is 36.0 Å². The second kappa shape index (κ2) is 7.53. The van der Waals surface area contributed by atoms with E-state index in [-0.39, 0.29) is 5.97 Å². The number of aryl methyl sites for hydroxylation is 2. The van der Waals surface area contributed by atoms with Crippen LogP contribution in [-0.4, -0.2) is 27.8 Å². The van der Waals surface area contributed by atoms with Crippen LogP contribution in [-0.2, 0) is 10.5 Å². The molecule has 1 aromatic heterocycles. The number of hydrogen-bond acceptors (Lipinski definition) is 5. The van der Waals surface area contributed by atoms with Crippen LogP contribution in [0.25, 0.3) is 5.69 Å². The summed E-state index contributed by atoms with van der Waals surface area (Å²) < 4.78 is 6.77. The van der Waals surface area contributed by atoms with Crippen molar-refractivity contribution in [3.63, 3.8) is 0 Å². The minimum Gasteiger partial charge on any atom is -0.465 e. The molecule has 0 bridgehead atoms. The highest BCUT2D eigenvalue weighted by molar-refractivity contribution is 7.98. The molecule has 0 aliphatic heterocycles. The Kier molecular flexibility index (Phi) is 5.19. The smallest absolute Gasteiger partial charge is 0.337 e. The van der Waals surface area contributed by atoms with Crippen LogP contribution in [0.15, 0.2) is 53.7 Å². The summed E-state index contributed by atoms with van der Waals surface area (Å²) in [5.74, 6) is 1.27. The van der Waals surface area contributed by atoms with Gasteiger partial charge in [0.05, 0.1) is 12.7 Å². The van der Waals surface area contributed by atoms with Crippen LogP contribution in [0.3, 0.4) is 0 Å². The van der Waals surface area contributed by atoms with Gasteiger partial charge in [0.1, 0.15) is 5.82 Å². The maximum atomic E-state index is 11.5. The molecule has 0 unspecified atom stereocenters. The molecule has 1 heterocycles. The van der Waals surface area contributed by atoms with Crippen molar-refractivity contribution in [2.24, 2.45) is 0 Å². The van der Waals surface area contributed by atoms with Crippen molar-refractivity contribution in [3.05, 3.63) is 71.0 Å². The van der Waals surface area contributed by atoms with Crippen molar-refractivity contribution in [1.29, 1.82) is 0 Å². The standard InChI is InChI=1S/C19H19N3O2S/c1-13-5-4-6-17(11-13)22-14(2)20-21-19(22)25-12-15-7-9-16(10-8-15)18(23)24-3/h4-11H,12H2,1-3H3. The first-order valence-corrected chi connectivity index (χ1v) is 8.86. The Labute approximate surface area is 151 Å². The number of carbonyl (C=O) groups excluding carboxylic acids is 1. The Hall–Kier alpha value is -2.60. The van der Waals surface area contributed by atoms with Gasteiger partial charge in [-0.25, -0.2) is 4.79 Å². The van der Waals surface area contributed by atoms with Crippen molar-refractivity contribution in [1.82, 2.24) is 14.8 Å². The zero-order valence-electron chi connectivity index (χ0n) is 14.4. The number of carbonyl (C=O) groups is 1. The van der Waals surface area contributed by atoms with Crippen LogP contribution in [0.1, 0.15) is 27.3 Å². The van der Waals surface area contributed by atoms with Crippen LogP contribution in [0.5, 0.6) is 0 Å². The lowest BCUT2D eigenvalue weighted by Crippen LogP contribution is -2.01. The molecule has 0 N–H and O–H groups in total. The van der Waals surface area contributed by atoms with E-state index in [1.165, 1.54) is 12.7 Å². The van der Waals surface area contributed by atoms with E-state index in [2.05, 4.69) is 39.9 Å². The minimum atomic E-state index is -0.325. The molecule has 0 aliphatic rings. The number of esters is 1. The lowest BCUT2D eigenvalue weighted by atomic mass is 10.1. The van der Waals surface area contributed by atoms with Gasteiger partial charge in [-0.2, -0.15) is 0 Å². The zero-order valence-corrected chi connectivity index (χ0v) is 15.2. The molecule has 3 aromatic rings. The molecule has 0 amide bonds. The predicted molar refractivity (Wildman–Crippen MR) is 98.2 cm³/mol. The highest BCUT2D eigenvalue weighted by Gasteiger charge is 2.12. The number of nitrogens with zero attached hydrogens (tertiary/aromatic N) is 3. The maximum absolute atomic E-state index is 11.5. The van der Waals surface area contributed by atoms with Crippen LogP contribution >= 0.6 is 11.8 Å². The predicted octanol–water partition coefficient (Wildman–Crippen LogP) is 3.96. The lowest BCUT2D eigenvalue weighted by molar-refractivity contribution is 0.0600. The molecule has 0 aliphatic carbocycles. The van der Waals surface area contributed by atoms with E-state index in [9.17, 15) is 4.79 Å². The summed E-state index contributed by atoms with van der Waals surface area (Å²) in [6.45, 7) is 4.02. The van der Waals surface area contributed by atoms with Crippen LogP contribution in [0.2, 0.25) is 0 Å². The Morgan fingerprint density at radius 1 is 1.12 bits per heavy atom. The Bertz CT molecular complexity index is 888. The third kappa shape index (κ3) is 3.91. The maximum Gasteiger partial charge on any atom is 0.337 e. The van der Waals surface area contributed by atoms with Crippen molar-refractivity contribution in [3.8, 4) is 5.69 Å². The summed E-state index contributed by atoms with van der Waals surface area (Å²) in [5.41, 5.74) is 3.91. The molecule has 3 rings (SSSR count). The van der Waals surface area contributed by atoms with E-state index in [0.29, 0.717) is 5.56 Å². The van der Waals surface area contributed by atoms with Crippen molar-refractivity contribution < 1.29 is 9.53 Å². The largest absolute Gasteiger partial charge is 0.465 e. The van der Waals surface area contributed by atoms with E-state index in [1.807, 2.05) is 25.1 Å². The molecular weight excluding hydrogens is 334 g/mol. The summed E-state index contributed by atoms with van der Waals surface area (Å²) in [6, 6.07) is 15.7. The average molecular weight is 353 g/mol.